The number of halogens is 1. The zero-order valence-electron chi connectivity index (χ0n) is 21.7. The summed E-state index contributed by atoms with van der Waals surface area (Å²) >= 11 is 1.51. The SMILES string of the molecule is CNC1CCN(Cc2ccc(-c3cc4nccc(Oc5ccc(NC(=O)NC6CC6)cc5F)c4s3)nc2)CC1. The summed E-state index contributed by atoms with van der Waals surface area (Å²) in [5.74, 6) is 0.0316. The largest absolute Gasteiger partial charge is 0.453 e. The number of piperidine rings is 1. The van der Waals surface area contributed by atoms with Crippen molar-refractivity contribution in [2.24, 2.45) is 0 Å². The molecule has 10 heteroatoms. The number of amides is 2. The van der Waals surface area contributed by atoms with Crippen LogP contribution in [0.25, 0.3) is 20.8 Å². The summed E-state index contributed by atoms with van der Waals surface area (Å²) in [6.45, 7) is 3.09. The minimum atomic E-state index is -0.562. The van der Waals surface area contributed by atoms with Gasteiger partial charge in [0, 0.05) is 48.8 Å². The van der Waals surface area contributed by atoms with Crippen molar-refractivity contribution >= 4 is 33.3 Å². The van der Waals surface area contributed by atoms with E-state index in [0.29, 0.717) is 17.5 Å². The number of likely N-dealkylation sites (tertiary alicyclic amines) is 1. The van der Waals surface area contributed by atoms with Crippen LogP contribution in [0, 0.1) is 5.82 Å². The third-order valence-electron chi connectivity index (χ3n) is 7.18. The number of carbonyl (C=O) groups is 1. The first-order valence-electron chi connectivity index (χ1n) is 13.3. The van der Waals surface area contributed by atoms with E-state index in [0.717, 1.165) is 53.3 Å². The van der Waals surface area contributed by atoms with E-state index in [2.05, 4.69) is 31.9 Å². The molecule has 1 saturated heterocycles. The molecule has 0 bridgehead atoms. The van der Waals surface area contributed by atoms with Crippen molar-refractivity contribution in [2.45, 2.75) is 44.3 Å². The quantitative estimate of drug-likeness (QED) is 0.260. The van der Waals surface area contributed by atoms with Crippen LogP contribution in [0.15, 0.2) is 54.9 Å². The number of pyridine rings is 2. The van der Waals surface area contributed by atoms with Gasteiger partial charge in [-0.3, -0.25) is 14.9 Å². The van der Waals surface area contributed by atoms with Gasteiger partial charge in [0.15, 0.2) is 11.6 Å². The Morgan fingerprint density at radius 2 is 1.90 bits per heavy atom. The normalized spacial score (nSPS) is 16.4. The highest BCUT2D eigenvalue weighted by Crippen LogP contribution is 2.39. The van der Waals surface area contributed by atoms with Gasteiger partial charge in [-0.1, -0.05) is 6.07 Å². The Kier molecular flexibility index (Phi) is 7.40. The number of anilines is 1. The van der Waals surface area contributed by atoms with Crippen LogP contribution < -0.4 is 20.7 Å². The monoisotopic (exact) mass is 546 g/mol. The maximum Gasteiger partial charge on any atom is 0.319 e. The molecule has 4 heterocycles. The van der Waals surface area contributed by atoms with Crippen LogP contribution in [-0.2, 0) is 6.54 Å². The summed E-state index contributed by atoms with van der Waals surface area (Å²) < 4.78 is 21.6. The van der Waals surface area contributed by atoms with Crippen molar-refractivity contribution in [3.63, 3.8) is 0 Å². The second-order valence-electron chi connectivity index (χ2n) is 10.1. The Bertz CT molecular complexity index is 1460. The van der Waals surface area contributed by atoms with Gasteiger partial charge in [0.1, 0.15) is 5.75 Å². The van der Waals surface area contributed by atoms with Crippen LogP contribution in [0.1, 0.15) is 31.2 Å². The van der Waals surface area contributed by atoms with Crippen molar-refractivity contribution < 1.29 is 13.9 Å². The molecule has 2 aliphatic rings. The average molecular weight is 547 g/mol. The van der Waals surface area contributed by atoms with Gasteiger partial charge in [-0.05, 0) is 75.6 Å². The fourth-order valence-corrected chi connectivity index (χ4v) is 5.83. The lowest BCUT2D eigenvalue weighted by atomic mass is 10.0. The van der Waals surface area contributed by atoms with E-state index in [1.54, 1.807) is 18.3 Å². The second-order valence-corrected chi connectivity index (χ2v) is 11.2. The third kappa shape index (κ3) is 6.19. The fourth-order valence-electron chi connectivity index (χ4n) is 4.78. The van der Waals surface area contributed by atoms with Crippen molar-refractivity contribution in [1.29, 1.82) is 0 Å². The number of benzene rings is 1. The van der Waals surface area contributed by atoms with Crippen molar-refractivity contribution in [2.75, 3.05) is 25.5 Å². The number of rotatable bonds is 8. The summed E-state index contributed by atoms with van der Waals surface area (Å²) in [5, 5.41) is 8.85. The molecule has 39 heavy (non-hydrogen) atoms. The Labute approximate surface area is 230 Å². The molecule has 0 radical (unpaired) electrons. The van der Waals surface area contributed by atoms with E-state index in [-0.39, 0.29) is 17.8 Å². The lowest BCUT2D eigenvalue weighted by Gasteiger charge is -2.31. The molecule has 1 saturated carbocycles. The van der Waals surface area contributed by atoms with Crippen LogP contribution in [0.5, 0.6) is 11.5 Å². The molecule has 3 aromatic heterocycles. The molecule has 1 aliphatic carbocycles. The van der Waals surface area contributed by atoms with Crippen LogP contribution in [0.3, 0.4) is 0 Å². The van der Waals surface area contributed by atoms with Crippen LogP contribution in [0.2, 0.25) is 0 Å². The van der Waals surface area contributed by atoms with Crippen molar-refractivity contribution in [3.05, 3.63) is 66.2 Å². The summed E-state index contributed by atoms with van der Waals surface area (Å²) in [6, 6.07) is 12.8. The van der Waals surface area contributed by atoms with Crippen LogP contribution >= 0.6 is 11.3 Å². The predicted molar refractivity (Wildman–Crippen MR) is 152 cm³/mol. The first-order valence-corrected chi connectivity index (χ1v) is 14.1. The highest BCUT2D eigenvalue weighted by Gasteiger charge is 2.23. The zero-order valence-corrected chi connectivity index (χ0v) is 22.6. The van der Waals surface area contributed by atoms with Gasteiger partial charge >= 0.3 is 6.03 Å². The van der Waals surface area contributed by atoms with Crippen LogP contribution in [0.4, 0.5) is 14.9 Å². The molecule has 0 unspecified atom stereocenters. The number of hydrogen-bond acceptors (Lipinski definition) is 7. The number of ether oxygens (including phenoxy) is 1. The molecule has 4 aromatic rings. The molecule has 0 spiro atoms. The first-order chi connectivity index (χ1) is 19.0. The minimum absolute atomic E-state index is 0.0758. The van der Waals surface area contributed by atoms with Crippen LogP contribution in [-0.4, -0.2) is 53.1 Å². The molecule has 3 N–H and O–H groups in total. The topological polar surface area (TPSA) is 91.4 Å². The molecule has 2 fully saturated rings. The first kappa shape index (κ1) is 25.7. The summed E-state index contributed by atoms with van der Waals surface area (Å²) in [6.07, 6.45) is 7.91. The average Bonchev–Trinajstić information content (AvgIpc) is 3.64. The lowest BCUT2D eigenvalue weighted by molar-refractivity contribution is 0.194. The number of hydrogen-bond donors (Lipinski definition) is 3. The van der Waals surface area contributed by atoms with E-state index in [1.807, 2.05) is 25.4 Å². The summed E-state index contributed by atoms with van der Waals surface area (Å²) in [7, 11) is 2.04. The number of aromatic nitrogens is 2. The molecule has 1 aromatic carbocycles. The van der Waals surface area contributed by atoms with Gasteiger partial charge in [-0.2, -0.15) is 0 Å². The molecule has 6 rings (SSSR count). The molecule has 202 valence electrons. The fraction of sp³-hybridized carbons (Fsp3) is 0.345. The minimum Gasteiger partial charge on any atom is -0.453 e. The number of urea groups is 1. The van der Waals surface area contributed by atoms with E-state index in [4.69, 9.17) is 9.72 Å². The van der Waals surface area contributed by atoms with Gasteiger partial charge < -0.3 is 20.7 Å². The zero-order chi connectivity index (χ0) is 26.8. The van der Waals surface area contributed by atoms with Gasteiger partial charge in [-0.15, -0.1) is 11.3 Å². The van der Waals surface area contributed by atoms with E-state index in [9.17, 15) is 9.18 Å². The number of nitrogens with zero attached hydrogens (tertiary/aromatic N) is 3. The Morgan fingerprint density at radius 1 is 1.05 bits per heavy atom. The van der Waals surface area contributed by atoms with Gasteiger partial charge in [-0.25, -0.2) is 9.18 Å². The molecule has 8 nitrogen and oxygen atoms in total. The van der Waals surface area contributed by atoms with Crippen molar-refractivity contribution in [1.82, 2.24) is 25.5 Å². The third-order valence-corrected chi connectivity index (χ3v) is 8.34. The predicted octanol–water partition coefficient (Wildman–Crippen LogP) is 5.76. The van der Waals surface area contributed by atoms with Crippen molar-refractivity contribution in [3.8, 4) is 22.1 Å². The molecule has 0 atom stereocenters. The number of carbonyl (C=O) groups excluding carboxylic acids is 1. The maximum absolute atomic E-state index is 14.8. The van der Waals surface area contributed by atoms with E-state index >= 15 is 0 Å². The second kappa shape index (κ2) is 11.3. The molecule has 1 aliphatic heterocycles. The Hall–Kier alpha value is -3.60. The van der Waals surface area contributed by atoms with Gasteiger partial charge in [0.25, 0.3) is 0 Å². The summed E-state index contributed by atoms with van der Waals surface area (Å²) in [4.78, 5) is 24.6. The number of nitrogens with one attached hydrogen (secondary N) is 3. The highest BCUT2D eigenvalue weighted by atomic mass is 32.1. The molecular weight excluding hydrogens is 515 g/mol. The van der Waals surface area contributed by atoms with Gasteiger partial charge in [0.2, 0.25) is 0 Å². The standard InChI is InChI=1S/C29H31FN6O2S/c1-31-19-9-12-36(13-10-19)17-18-2-6-23(33-16-18)27-15-24-28(39-27)26(8-11-32-24)38-25-7-5-21(14-22(25)30)35-29(37)34-20-3-4-20/h2,5-8,11,14-16,19-20,31H,3-4,9-10,12-13,17H2,1H3,(H2,34,35,37). The lowest BCUT2D eigenvalue weighted by Crippen LogP contribution is -2.40. The smallest absolute Gasteiger partial charge is 0.319 e. The number of fused-ring (bicyclic) bond motifs is 1. The maximum atomic E-state index is 14.8. The van der Waals surface area contributed by atoms with E-state index < -0.39 is 5.82 Å². The number of thiophene rings is 1. The Balaban J connectivity index is 1.14. The Morgan fingerprint density at radius 3 is 2.62 bits per heavy atom. The van der Waals surface area contributed by atoms with Gasteiger partial charge in [0.05, 0.1) is 20.8 Å². The van der Waals surface area contributed by atoms with E-state index in [1.165, 1.54) is 41.9 Å². The molecular formula is C29H31FN6O2S. The summed E-state index contributed by atoms with van der Waals surface area (Å²) in [5.41, 5.74) is 3.20. The highest BCUT2D eigenvalue weighted by molar-refractivity contribution is 7.22. The molecule has 2 amide bonds.